The van der Waals surface area contributed by atoms with Crippen LogP contribution in [0.5, 0.6) is 0 Å². The predicted molar refractivity (Wildman–Crippen MR) is 75.5 cm³/mol. The van der Waals surface area contributed by atoms with E-state index in [1.165, 1.54) is 0 Å². The normalized spacial score (nSPS) is 14.4. The van der Waals surface area contributed by atoms with Crippen LogP contribution in [0.15, 0.2) is 24.3 Å². The third-order valence-corrected chi connectivity index (χ3v) is 3.44. The van der Waals surface area contributed by atoms with Gasteiger partial charge in [-0.25, -0.2) is 4.79 Å². The monoisotopic (exact) mass is 279 g/mol. The molecule has 0 spiro atoms. The molecular weight excluding hydrogens is 258 g/mol. The van der Waals surface area contributed by atoms with Crippen LogP contribution in [0.1, 0.15) is 31.9 Å². The minimum Gasteiger partial charge on any atom is -0.479 e. The number of rotatable bonds is 5. The maximum Gasteiger partial charge on any atom is 0.337 e. The van der Waals surface area contributed by atoms with E-state index < -0.39 is 17.0 Å². The highest BCUT2D eigenvalue weighted by Crippen LogP contribution is 2.26. The molecule has 1 amide bonds. The summed E-state index contributed by atoms with van der Waals surface area (Å²) in [6, 6.07) is 7.52. The molecule has 1 atom stereocenters. The minimum absolute atomic E-state index is 0.326. The number of carboxylic acid groups (broad SMARTS) is 1. The van der Waals surface area contributed by atoms with Gasteiger partial charge >= 0.3 is 5.97 Å². The fraction of sp³-hybridized carbons (Fsp3) is 0.467. The molecule has 1 aromatic rings. The highest BCUT2D eigenvalue weighted by molar-refractivity contribution is 5.88. The Morgan fingerprint density at radius 1 is 1.20 bits per heavy atom. The molecule has 1 rings (SSSR count). The first-order valence-corrected chi connectivity index (χ1v) is 6.39. The summed E-state index contributed by atoms with van der Waals surface area (Å²) in [5.41, 5.74) is -0.928. The van der Waals surface area contributed by atoms with Crippen molar-refractivity contribution in [3.63, 3.8) is 0 Å². The van der Waals surface area contributed by atoms with Gasteiger partial charge in [-0.3, -0.25) is 4.79 Å². The van der Waals surface area contributed by atoms with Crippen molar-refractivity contribution in [1.29, 1.82) is 0 Å². The lowest BCUT2D eigenvalue weighted by atomic mass is 9.81. The number of nitrogens with one attached hydrogen (secondary N) is 1. The molecule has 1 unspecified atom stereocenters. The van der Waals surface area contributed by atoms with Gasteiger partial charge in [0.25, 0.3) is 0 Å². The Balaban J connectivity index is 2.87. The molecule has 0 aliphatic carbocycles. The first-order valence-electron chi connectivity index (χ1n) is 6.39. The minimum atomic E-state index is -1.97. The molecule has 20 heavy (non-hydrogen) atoms. The molecule has 0 bridgehead atoms. The van der Waals surface area contributed by atoms with E-state index in [-0.39, 0.29) is 12.5 Å². The molecule has 0 radical (unpaired) electrons. The van der Waals surface area contributed by atoms with Crippen LogP contribution in [0.3, 0.4) is 0 Å². The van der Waals surface area contributed by atoms with E-state index in [2.05, 4.69) is 5.32 Å². The van der Waals surface area contributed by atoms with Crippen LogP contribution in [0.4, 0.5) is 0 Å². The molecule has 0 saturated carbocycles. The van der Waals surface area contributed by atoms with Gasteiger partial charge in [-0.05, 0) is 38.8 Å². The number of aliphatic hydroxyl groups is 1. The second-order valence-corrected chi connectivity index (χ2v) is 5.70. The van der Waals surface area contributed by atoms with Crippen molar-refractivity contribution in [1.82, 2.24) is 5.32 Å². The number of carbonyl (C=O) groups is 2. The second-order valence-electron chi connectivity index (χ2n) is 5.70. The van der Waals surface area contributed by atoms with E-state index in [0.717, 1.165) is 18.1 Å². The van der Waals surface area contributed by atoms with Gasteiger partial charge in [0, 0.05) is 0 Å². The van der Waals surface area contributed by atoms with E-state index in [0.29, 0.717) is 0 Å². The summed E-state index contributed by atoms with van der Waals surface area (Å²) in [6.07, 6.45) is 0. The van der Waals surface area contributed by atoms with Gasteiger partial charge in [-0.2, -0.15) is 0 Å². The first-order chi connectivity index (χ1) is 9.09. The summed E-state index contributed by atoms with van der Waals surface area (Å²) in [5, 5.41) is 20.9. The standard InChI is InChI=1S/C15H21NO4/c1-10-7-5-6-8-11(10)14(2,3)12(17)16-9-15(4,20)13(18)19/h5-8,20H,9H2,1-4H3,(H,16,17)(H,18,19). The lowest BCUT2D eigenvalue weighted by Crippen LogP contribution is -2.50. The van der Waals surface area contributed by atoms with Crippen LogP contribution in [-0.4, -0.2) is 34.2 Å². The Hall–Kier alpha value is -1.88. The maximum absolute atomic E-state index is 12.3. The van der Waals surface area contributed by atoms with Crippen molar-refractivity contribution in [3.05, 3.63) is 35.4 Å². The Kier molecular flexibility index (Phi) is 4.55. The Morgan fingerprint density at radius 2 is 1.75 bits per heavy atom. The lowest BCUT2D eigenvalue weighted by molar-refractivity contribution is -0.156. The highest BCUT2D eigenvalue weighted by atomic mass is 16.4. The molecule has 5 heteroatoms. The average Bonchev–Trinajstić information content (AvgIpc) is 2.36. The number of carboxylic acids is 1. The highest BCUT2D eigenvalue weighted by Gasteiger charge is 2.35. The summed E-state index contributed by atoms with van der Waals surface area (Å²) in [5.74, 6) is -1.69. The fourth-order valence-electron chi connectivity index (χ4n) is 1.95. The SMILES string of the molecule is Cc1ccccc1C(C)(C)C(=O)NCC(C)(O)C(=O)O. The molecule has 3 N–H and O–H groups in total. The van der Waals surface area contributed by atoms with E-state index >= 15 is 0 Å². The van der Waals surface area contributed by atoms with Gasteiger partial charge in [0.1, 0.15) is 0 Å². The van der Waals surface area contributed by atoms with E-state index in [9.17, 15) is 14.7 Å². The Bertz CT molecular complexity index is 520. The second kappa shape index (κ2) is 5.63. The number of aryl methyl sites for hydroxylation is 1. The first kappa shape index (κ1) is 16.2. The van der Waals surface area contributed by atoms with Gasteiger partial charge in [-0.1, -0.05) is 24.3 Å². The quantitative estimate of drug-likeness (QED) is 0.756. The zero-order valence-electron chi connectivity index (χ0n) is 12.2. The van der Waals surface area contributed by atoms with Crippen LogP contribution in [0.25, 0.3) is 0 Å². The number of hydrogen-bond donors (Lipinski definition) is 3. The van der Waals surface area contributed by atoms with Gasteiger partial charge in [-0.15, -0.1) is 0 Å². The lowest BCUT2D eigenvalue weighted by Gasteiger charge is -2.27. The van der Waals surface area contributed by atoms with Crippen LogP contribution < -0.4 is 5.32 Å². The van der Waals surface area contributed by atoms with Crippen molar-refractivity contribution in [2.24, 2.45) is 0 Å². The zero-order chi connectivity index (χ0) is 15.6. The molecule has 0 aliphatic heterocycles. The van der Waals surface area contributed by atoms with Gasteiger partial charge in [0.15, 0.2) is 5.60 Å². The molecule has 0 aliphatic rings. The van der Waals surface area contributed by atoms with E-state index in [4.69, 9.17) is 5.11 Å². The van der Waals surface area contributed by atoms with E-state index in [1.54, 1.807) is 13.8 Å². The third-order valence-electron chi connectivity index (χ3n) is 3.44. The molecular formula is C15H21NO4. The topological polar surface area (TPSA) is 86.6 Å². The summed E-state index contributed by atoms with van der Waals surface area (Å²) in [4.78, 5) is 23.1. The number of aliphatic carboxylic acids is 1. The van der Waals surface area contributed by atoms with Crippen molar-refractivity contribution in [2.75, 3.05) is 6.54 Å². The van der Waals surface area contributed by atoms with Crippen molar-refractivity contribution in [2.45, 2.75) is 38.7 Å². The maximum atomic E-state index is 12.3. The Morgan fingerprint density at radius 3 is 2.25 bits per heavy atom. The number of hydrogen-bond acceptors (Lipinski definition) is 3. The average molecular weight is 279 g/mol. The number of benzene rings is 1. The van der Waals surface area contributed by atoms with Crippen LogP contribution in [0, 0.1) is 6.92 Å². The smallest absolute Gasteiger partial charge is 0.337 e. The van der Waals surface area contributed by atoms with Gasteiger partial charge < -0.3 is 15.5 Å². The third kappa shape index (κ3) is 3.36. The summed E-state index contributed by atoms with van der Waals surface area (Å²) in [7, 11) is 0. The number of amides is 1. The van der Waals surface area contributed by atoms with Crippen LogP contribution >= 0.6 is 0 Å². The predicted octanol–water partition coefficient (Wildman–Crippen LogP) is 1.22. The molecule has 0 saturated heterocycles. The van der Waals surface area contributed by atoms with E-state index in [1.807, 2.05) is 31.2 Å². The van der Waals surface area contributed by atoms with Gasteiger partial charge in [0.05, 0.1) is 12.0 Å². The Labute approximate surface area is 118 Å². The summed E-state index contributed by atoms with van der Waals surface area (Å²) in [6.45, 7) is 6.25. The molecule has 1 aromatic carbocycles. The summed E-state index contributed by atoms with van der Waals surface area (Å²) < 4.78 is 0. The molecule has 110 valence electrons. The van der Waals surface area contributed by atoms with Crippen molar-refractivity contribution in [3.8, 4) is 0 Å². The molecule has 5 nitrogen and oxygen atoms in total. The fourth-order valence-corrected chi connectivity index (χ4v) is 1.95. The molecule has 0 heterocycles. The molecule has 0 fully saturated rings. The zero-order valence-corrected chi connectivity index (χ0v) is 12.2. The van der Waals surface area contributed by atoms with Crippen LogP contribution in [0.2, 0.25) is 0 Å². The number of carbonyl (C=O) groups excluding carboxylic acids is 1. The van der Waals surface area contributed by atoms with Crippen LogP contribution in [-0.2, 0) is 15.0 Å². The largest absolute Gasteiger partial charge is 0.479 e. The van der Waals surface area contributed by atoms with Crippen molar-refractivity contribution < 1.29 is 19.8 Å². The van der Waals surface area contributed by atoms with Gasteiger partial charge in [0.2, 0.25) is 5.91 Å². The summed E-state index contributed by atoms with van der Waals surface area (Å²) >= 11 is 0. The van der Waals surface area contributed by atoms with Crippen molar-refractivity contribution >= 4 is 11.9 Å². The molecule has 0 aromatic heterocycles.